The van der Waals surface area contributed by atoms with Gasteiger partial charge < -0.3 is 9.36 Å². The maximum atomic E-state index is 10.1. The minimum Gasteiger partial charge on any atom is -0.332 e. The van der Waals surface area contributed by atoms with Crippen molar-refractivity contribution in [2.75, 3.05) is 0 Å². The third-order valence-corrected chi connectivity index (χ3v) is 1.54. The van der Waals surface area contributed by atoms with Crippen LogP contribution in [0, 0.1) is 4.64 Å². The fraction of sp³-hybridized carbons (Fsp3) is 0.143. The molecule has 1 aromatic rings. The third-order valence-electron chi connectivity index (χ3n) is 1.17. The van der Waals surface area contributed by atoms with Gasteiger partial charge >= 0.3 is 0 Å². The molecule has 0 aromatic carbocycles. The number of nitrogens with zero attached hydrogens (tertiary/aromatic N) is 1. The minimum atomic E-state index is 0.347. The van der Waals surface area contributed by atoms with Crippen LogP contribution < -0.4 is 0 Å². The Labute approximate surface area is 64.1 Å². The quantitative estimate of drug-likeness (QED) is 0.473. The zero-order valence-corrected chi connectivity index (χ0v) is 6.17. The number of carbonyl (C=O) groups excluding carboxylic acids is 1. The highest BCUT2D eigenvalue weighted by atomic mass is 32.1. The van der Waals surface area contributed by atoms with Gasteiger partial charge in [-0.15, -0.1) is 0 Å². The number of aromatic nitrogens is 1. The summed E-state index contributed by atoms with van der Waals surface area (Å²) >= 11 is 4.92. The monoisotopic (exact) mass is 153 g/mol. The molecule has 0 N–H and O–H groups in total. The first-order valence-electron chi connectivity index (χ1n) is 2.93. The van der Waals surface area contributed by atoms with Crippen LogP contribution in [0.5, 0.6) is 0 Å². The predicted octanol–water partition coefficient (Wildman–Crippen LogP) is 1.42. The third kappa shape index (κ3) is 1.51. The first-order chi connectivity index (χ1) is 4.84. The molecule has 0 amide bonds. The molecule has 0 radical (unpaired) electrons. The van der Waals surface area contributed by atoms with Crippen LogP contribution in [0.15, 0.2) is 24.4 Å². The summed E-state index contributed by atoms with van der Waals surface area (Å²) in [5.41, 5.74) is 0. The molecule has 2 nitrogen and oxygen atoms in total. The summed E-state index contributed by atoms with van der Waals surface area (Å²) in [4.78, 5) is 10.1. The van der Waals surface area contributed by atoms with Crippen molar-refractivity contribution in [1.82, 2.24) is 4.57 Å². The molecule has 0 aliphatic rings. The van der Waals surface area contributed by atoms with E-state index < -0.39 is 0 Å². The fourth-order valence-electron chi connectivity index (χ4n) is 0.692. The van der Waals surface area contributed by atoms with E-state index in [-0.39, 0.29) is 0 Å². The zero-order chi connectivity index (χ0) is 7.40. The van der Waals surface area contributed by atoms with Gasteiger partial charge in [-0.3, -0.25) is 0 Å². The van der Waals surface area contributed by atoms with Crippen LogP contribution in [0.1, 0.15) is 0 Å². The second-order valence-electron chi connectivity index (χ2n) is 1.86. The Morgan fingerprint density at radius 2 is 2.40 bits per heavy atom. The Bertz CT molecular complexity index is 279. The molecular weight excluding hydrogens is 146 g/mol. The summed E-state index contributed by atoms with van der Waals surface area (Å²) in [7, 11) is 0. The van der Waals surface area contributed by atoms with E-state index in [4.69, 9.17) is 12.2 Å². The van der Waals surface area contributed by atoms with Crippen molar-refractivity contribution in [3.05, 3.63) is 29.0 Å². The van der Waals surface area contributed by atoms with Crippen LogP contribution in [0.4, 0.5) is 0 Å². The lowest BCUT2D eigenvalue weighted by molar-refractivity contribution is -0.108. The highest BCUT2D eigenvalue weighted by molar-refractivity contribution is 7.71. The van der Waals surface area contributed by atoms with Gasteiger partial charge in [0.05, 0.1) is 6.54 Å². The van der Waals surface area contributed by atoms with E-state index in [1.165, 1.54) is 0 Å². The normalized spacial score (nSPS) is 9.20. The number of hydrogen-bond acceptors (Lipinski definition) is 2. The van der Waals surface area contributed by atoms with Gasteiger partial charge in [0.1, 0.15) is 10.9 Å². The second kappa shape index (κ2) is 3.27. The Balaban J connectivity index is 3.03. The molecule has 1 heterocycles. The van der Waals surface area contributed by atoms with E-state index in [0.29, 0.717) is 11.2 Å². The average Bonchev–Trinajstić information content (AvgIpc) is 1.94. The van der Waals surface area contributed by atoms with Crippen LogP contribution in [0.2, 0.25) is 0 Å². The van der Waals surface area contributed by atoms with Gasteiger partial charge in [0.25, 0.3) is 0 Å². The largest absolute Gasteiger partial charge is 0.332 e. The van der Waals surface area contributed by atoms with Gasteiger partial charge in [-0.1, -0.05) is 18.3 Å². The minimum absolute atomic E-state index is 0.347. The van der Waals surface area contributed by atoms with E-state index in [9.17, 15) is 4.79 Å². The molecule has 0 atom stereocenters. The summed E-state index contributed by atoms with van der Waals surface area (Å²) in [6.45, 7) is 0.347. The molecule has 0 spiro atoms. The SMILES string of the molecule is O=CCn1ccccc1=S. The Morgan fingerprint density at radius 3 is 3.00 bits per heavy atom. The van der Waals surface area contributed by atoms with E-state index in [1.807, 2.05) is 12.1 Å². The molecule has 0 bridgehead atoms. The van der Waals surface area contributed by atoms with Gasteiger partial charge in [-0.05, 0) is 12.1 Å². The lowest BCUT2D eigenvalue weighted by Crippen LogP contribution is -1.98. The molecule has 10 heavy (non-hydrogen) atoms. The van der Waals surface area contributed by atoms with Gasteiger partial charge in [0, 0.05) is 6.20 Å². The van der Waals surface area contributed by atoms with E-state index in [1.54, 1.807) is 16.8 Å². The lowest BCUT2D eigenvalue weighted by atomic mass is 10.5. The van der Waals surface area contributed by atoms with Crippen molar-refractivity contribution in [1.29, 1.82) is 0 Å². The highest BCUT2D eigenvalue weighted by Gasteiger charge is 1.85. The summed E-state index contributed by atoms with van der Waals surface area (Å²) < 4.78 is 2.40. The molecule has 1 aromatic heterocycles. The van der Waals surface area contributed by atoms with Crippen LogP contribution in [0.3, 0.4) is 0 Å². The Morgan fingerprint density at radius 1 is 1.60 bits per heavy atom. The molecule has 1 rings (SSSR count). The topological polar surface area (TPSA) is 22.0 Å². The van der Waals surface area contributed by atoms with E-state index in [0.717, 1.165) is 6.29 Å². The molecule has 52 valence electrons. The van der Waals surface area contributed by atoms with Gasteiger partial charge in [-0.25, -0.2) is 0 Å². The number of aldehydes is 1. The summed E-state index contributed by atoms with van der Waals surface area (Å²) in [6, 6.07) is 5.49. The van der Waals surface area contributed by atoms with Crippen LogP contribution in [-0.4, -0.2) is 10.9 Å². The molecule has 0 unspecified atom stereocenters. The van der Waals surface area contributed by atoms with Crippen molar-refractivity contribution in [3.8, 4) is 0 Å². The van der Waals surface area contributed by atoms with Crippen molar-refractivity contribution in [3.63, 3.8) is 0 Å². The molecule has 0 fully saturated rings. The molecule has 3 heteroatoms. The van der Waals surface area contributed by atoms with Gasteiger partial charge in [0.15, 0.2) is 0 Å². The van der Waals surface area contributed by atoms with Crippen LogP contribution in [0.25, 0.3) is 0 Å². The fourth-order valence-corrected chi connectivity index (χ4v) is 0.906. The molecule has 0 saturated carbocycles. The molecule has 0 aliphatic carbocycles. The van der Waals surface area contributed by atoms with Crippen molar-refractivity contribution in [2.45, 2.75) is 6.54 Å². The Hall–Kier alpha value is -0.960. The lowest BCUT2D eigenvalue weighted by Gasteiger charge is -1.97. The summed E-state index contributed by atoms with van der Waals surface area (Å²) in [5.74, 6) is 0. The van der Waals surface area contributed by atoms with Gasteiger partial charge in [0.2, 0.25) is 0 Å². The van der Waals surface area contributed by atoms with Crippen LogP contribution in [-0.2, 0) is 11.3 Å². The average molecular weight is 153 g/mol. The second-order valence-corrected chi connectivity index (χ2v) is 2.28. The van der Waals surface area contributed by atoms with Crippen molar-refractivity contribution < 1.29 is 4.79 Å². The first kappa shape index (κ1) is 7.15. The predicted molar refractivity (Wildman–Crippen MR) is 41.3 cm³/mol. The maximum absolute atomic E-state index is 10.1. The first-order valence-corrected chi connectivity index (χ1v) is 3.34. The maximum Gasteiger partial charge on any atom is 0.139 e. The smallest absolute Gasteiger partial charge is 0.139 e. The van der Waals surface area contributed by atoms with Crippen LogP contribution >= 0.6 is 12.2 Å². The summed E-state index contributed by atoms with van der Waals surface area (Å²) in [5, 5.41) is 0. The summed E-state index contributed by atoms with van der Waals surface area (Å²) in [6.07, 6.45) is 2.62. The molecule has 0 saturated heterocycles. The number of hydrogen-bond donors (Lipinski definition) is 0. The number of rotatable bonds is 2. The highest BCUT2D eigenvalue weighted by Crippen LogP contribution is 1.90. The zero-order valence-electron chi connectivity index (χ0n) is 5.36. The van der Waals surface area contributed by atoms with Crippen molar-refractivity contribution >= 4 is 18.5 Å². The van der Waals surface area contributed by atoms with Gasteiger partial charge in [-0.2, -0.15) is 0 Å². The van der Waals surface area contributed by atoms with E-state index >= 15 is 0 Å². The number of carbonyl (C=O) groups is 1. The van der Waals surface area contributed by atoms with E-state index in [2.05, 4.69) is 0 Å². The Kier molecular flexibility index (Phi) is 2.34. The molecule has 0 aliphatic heterocycles. The standard InChI is InChI=1S/C7H7NOS/c9-6-5-8-4-2-1-3-7(8)10/h1-4,6H,5H2. The molecular formula is C7H7NOS. The van der Waals surface area contributed by atoms with Crippen molar-refractivity contribution in [2.24, 2.45) is 0 Å². The number of pyridine rings is 1.